The molecule has 6 heteroatoms. The van der Waals surface area contributed by atoms with E-state index in [0.717, 1.165) is 5.56 Å². The zero-order valence-electron chi connectivity index (χ0n) is 13.6. The highest BCUT2D eigenvalue weighted by molar-refractivity contribution is 6.00. The summed E-state index contributed by atoms with van der Waals surface area (Å²) < 4.78 is 19.2. The van der Waals surface area contributed by atoms with Crippen molar-refractivity contribution in [1.82, 2.24) is 10.1 Å². The van der Waals surface area contributed by atoms with Crippen LogP contribution in [0.15, 0.2) is 53.2 Å². The number of halogens is 1. The summed E-state index contributed by atoms with van der Waals surface area (Å²) in [6.45, 7) is 1.93. The lowest BCUT2D eigenvalue weighted by molar-refractivity contribution is -0.118. The van der Waals surface area contributed by atoms with E-state index in [1.165, 1.54) is 6.07 Å². The third-order valence-electron chi connectivity index (χ3n) is 4.48. The third kappa shape index (κ3) is 2.80. The van der Waals surface area contributed by atoms with E-state index >= 15 is 0 Å². The monoisotopic (exact) mass is 337 g/mol. The van der Waals surface area contributed by atoms with Crippen LogP contribution in [-0.2, 0) is 10.2 Å². The SMILES string of the molecule is Cc1ccnc(NC(=O)C2(c3cc(-c4ccccc4F)on3)CC2)c1. The van der Waals surface area contributed by atoms with Crippen LogP contribution in [0.5, 0.6) is 0 Å². The smallest absolute Gasteiger partial charge is 0.237 e. The van der Waals surface area contributed by atoms with Gasteiger partial charge in [0.1, 0.15) is 11.6 Å². The Kier molecular flexibility index (Phi) is 3.60. The highest BCUT2D eigenvalue weighted by Crippen LogP contribution is 2.49. The van der Waals surface area contributed by atoms with Gasteiger partial charge in [0, 0.05) is 12.3 Å². The minimum atomic E-state index is -0.724. The number of benzene rings is 1. The van der Waals surface area contributed by atoms with Crippen LogP contribution in [0.3, 0.4) is 0 Å². The van der Waals surface area contributed by atoms with E-state index in [0.29, 0.717) is 35.7 Å². The Labute approximate surface area is 143 Å². The molecule has 1 N–H and O–H groups in total. The molecule has 0 radical (unpaired) electrons. The first kappa shape index (κ1) is 15.5. The Morgan fingerprint density at radius 1 is 1.24 bits per heavy atom. The summed E-state index contributed by atoms with van der Waals surface area (Å²) in [4.78, 5) is 16.9. The zero-order valence-corrected chi connectivity index (χ0v) is 13.6. The maximum Gasteiger partial charge on any atom is 0.237 e. The molecule has 5 nitrogen and oxygen atoms in total. The van der Waals surface area contributed by atoms with Gasteiger partial charge in [0.25, 0.3) is 0 Å². The maximum atomic E-state index is 13.9. The lowest BCUT2D eigenvalue weighted by Gasteiger charge is -2.12. The van der Waals surface area contributed by atoms with Crippen LogP contribution < -0.4 is 5.32 Å². The molecule has 1 aromatic carbocycles. The molecule has 0 bridgehead atoms. The summed E-state index contributed by atoms with van der Waals surface area (Å²) in [6, 6.07) is 11.6. The Morgan fingerprint density at radius 2 is 2.04 bits per heavy atom. The maximum absolute atomic E-state index is 13.9. The van der Waals surface area contributed by atoms with Crippen LogP contribution in [0.2, 0.25) is 0 Å². The lowest BCUT2D eigenvalue weighted by Crippen LogP contribution is -2.28. The van der Waals surface area contributed by atoms with E-state index in [9.17, 15) is 9.18 Å². The molecule has 3 aromatic rings. The number of rotatable bonds is 4. The molecule has 2 heterocycles. The van der Waals surface area contributed by atoms with Gasteiger partial charge in [-0.05, 0) is 49.6 Å². The van der Waals surface area contributed by atoms with Crippen LogP contribution >= 0.6 is 0 Å². The number of carbonyl (C=O) groups is 1. The van der Waals surface area contributed by atoms with Gasteiger partial charge in [-0.15, -0.1) is 0 Å². The van der Waals surface area contributed by atoms with E-state index in [4.69, 9.17) is 4.52 Å². The number of hydrogen-bond acceptors (Lipinski definition) is 4. The highest BCUT2D eigenvalue weighted by atomic mass is 19.1. The van der Waals surface area contributed by atoms with Crippen LogP contribution in [0, 0.1) is 12.7 Å². The van der Waals surface area contributed by atoms with Crippen molar-refractivity contribution in [2.24, 2.45) is 0 Å². The van der Waals surface area contributed by atoms with E-state index in [1.54, 1.807) is 30.5 Å². The molecular weight excluding hydrogens is 321 g/mol. The summed E-state index contributed by atoms with van der Waals surface area (Å²) in [5.41, 5.74) is 1.14. The van der Waals surface area contributed by atoms with Gasteiger partial charge < -0.3 is 9.84 Å². The number of anilines is 1. The zero-order chi connectivity index (χ0) is 17.4. The molecule has 1 fully saturated rings. The molecule has 1 amide bonds. The number of nitrogens with zero attached hydrogens (tertiary/aromatic N) is 2. The summed E-state index contributed by atoms with van der Waals surface area (Å²) in [5, 5.41) is 6.86. The summed E-state index contributed by atoms with van der Waals surface area (Å²) in [6.07, 6.45) is 3.00. The van der Waals surface area contributed by atoms with Gasteiger partial charge in [0.15, 0.2) is 5.76 Å². The second-order valence-corrected chi connectivity index (χ2v) is 6.31. The number of carbonyl (C=O) groups excluding carboxylic acids is 1. The summed E-state index contributed by atoms with van der Waals surface area (Å²) in [7, 11) is 0. The van der Waals surface area contributed by atoms with Gasteiger partial charge in [-0.3, -0.25) is 4.79 Å². The molecule has 1 aliphatic carbocycles. The molecule has 4 rings (SSSR count). The third-order valence-corrected chi connectivity index (χ3v) is 4.48. The number of pyridine rings is 1. The van der Waals surface area contributed by atoms with Gasteiger partial charge in [0.2, 0.25) is 5.91 Å². The highest BCUT2D eigenvalue weighted by Gasteiger charge is 2.54. The average Bonchev–Trinajstić information content (AvgIpc) is 3.27. The van der Waals surface area contributed by atoms with Crippen LogP contribution in [0.4, 0.5) is 10.2 Å². The molecule has 25 heavy (non-hydrogen) atoms. The molecule has 0 spiro atoms. The first-order valence-electron chi connectivity index (χ1n) is 8.05. The van der Waals surface area contributed by atoms with Gasteiger partial charge in [-0.25, -0.2) is 9.37 Å². The van der Waals surface area contributed by atoms with Crippen molar-refractivity contribution in [1.29, 1.82) is 0 Å². The van der Waals surface area contributed by atoms with Gasteiger partial charge in [-0.1, -0.05) is 17.3 Å². The van der Waals surface area contributed by atoms with Crippen LogP contribution in [0.25, 0.3) is 11.3 Å². The fourth-order valence-electron chi connectivity index (χ4n) is 2.85. The quantitative estimate of drug-likeness (QED) is 0.785. The Balaban J connectivity index is 1.59. The standard InChI is InChI=1S/C19H16FN3O2/c1-12-6-9-21-17(10-12)22-18(24)19(7-8-19)16-11-15(25-23-16)13-4-2-3-5-14(13)20/h2-6,9-11H,7-8H2,1H3,(H,21,22,24). The number of aromatic nitrogens is 2. The van der Waals surface area contributed by atoms with E-state index < -0.39 is 5.41 Å². The Morgan fingerprint density at radius 3 is 2.76 bits per heavy atom. The van der Waals surface area contributed by atoms with Crippen molar-refractivity contribution in [3.05, 3.63) is 65.7 Å². The van der Waals surface area contributed by atoms with Crippen molar-refractivity contribution >= 4 is 11.7 Å². The minimum Gasteiger partial charge on any atom is -0.356 e. The van der Waals surface area contributed by atoms with Gasteiger partial charge in [0.05, 0.1) is 16.7 Å². The largest absolute Gasteiger partial charge is 0.356 e. The van der Waals surface area contributed by atoms with Crippen molar-refractivity contribution in [2.75, 3.05) is 5.32 Å². The minimum absolute atomic E-state index is 0.168. The van der Waals surface area contributed by atoms with E-state index in [1.807, 2.05) is 19.1 Å². The molecule has 0 saturated heterocycles. The van der Waals surface area contributed by atoms with Crippen molar-refractivity contribution < 1.29 is 13.7 Å². The predicted molar refractivity (Wildman–Crippen MR) is 90.4 cm³/mol. The molecule has 0 atom stereocenters. The normalized spacial score (nSPS) is 15.0. The number of amides is 1. The van der Waals surface area contributed by atoms with Gasteiger partial charge >= 0.3 is 0 Å². The second-order valence-electron chi connectivity index (χ2n) is 6.31. The Hall–Kier alpha value is -3.02. The Bertz CT molecular complexity index is 947. The summed E-state index contributed by atoms with van der Waals surface area (Å²) in [5.74, 6) is 0.275. The number of nitrogens with one attached hydrogen (secondary N) is 1. The topological polar surface area (TPSA) is 68.0 Å². The summed E-state index contributed by atoms with van der Waals surface area (Å²) >= 11 is 0. The first-order valence-corrected chi connectivity index (χ1v) is 8.05. The van der Waals surface area contributed by atoms with Crippen LogP contribution in [-0.4, -0.2) is 16.0 Å². The average molecular weight is 337 g/mol. The number of hydrogen-bond donors (Lipinski definition) is 1. The molecule has 2 aromatic heterocycles. The molecule has 0 unspecified atom stereocenters. The van der Waals surface area contributed by atoms with Gasteiger partial charge in [-0.2, -0.15) is 0 Å². The molecule has 126 valence electrons. The van der Waals surface area contributed by atoms with E-state index in [-0.39, 0.29) is 11.7 Å². The lowest BCUT2D eigenvalue weighted by atomic mass is 10.00. The molecule has 1 aliphatic rings. The second kappa shape index (κ2) is 5.81. The van der Waals surface area contributed by atoms with Crippen molar-refractivity contribution in [2.45, 2.75) is 25.2 Å². The number of aryl methyl sites for hydroxylation is 1. The molecule has 0 aliphatic heterocycles. The fourth-order valence-corrected chi connectivity index (χ4v) is 2.85. The molecule has 1 saturated carbocycles. The van der Waals surface area contributed by atoms with Crippen molar-refractivity contribution in [3.8, 4) is 11.3 Å². The molecular formula is C19H16FN3O2. The first-order chi connectivity index (χ1) is 12.1. The van der Waals surface area contributed by atoms with Crippen molar-refractivity contribution in [3.63, 3.8) is 0 Å². The van der Waals surface area contributed by atoms with Crippen LogP contribution in [0.1, 0.15) is 24.1 Å². The van der Waals surface area contributed by atoms with E-state index in [2.05, 4.69) is 15.5 Å². The predicted octanol–water partition coefficient (Wildman–Crippen LogP) is 3.85. The fraction of sp³-hybridized carbons (Fsp3) is 0.211.